The van der Waals surface area contributed by atoms with Crippen molar-refractivity contribution in [2.75, 3.05) is 43.1 Å². The first-order valence-electron chi connectivity index (χ1n) is 26.0. The molecule has 1 aliphatic carbocycles. The molecule has 1 saturated carbocycles. The van der Waals surface area contributed by atoms with E-state index < -0.39 is 53.5 Å². The van der Waals surface area contributed by atoms with Crippen LogP contribution in [0.1, 0.15) is 165 Å². The van der Waals surface area contributed by atoms with Crippen LogP contribution in [0, 0.1) is 40.5 Å². The number of carbonyl (C=O) groups excluding carboxylic acids is 3. The van der Waals surface area contributed by atoms with E-state index in [0.29, 0.717) is 92.0 Å². The predicted octanol–water partition coefficient (Wildman–Crippen LogP) is 11.4. The Hall–Kier alpha value is -5.87. The Kier molecular flexibility index (Phi) is 13.5. The average Bonchev–Trinajstić information content (AvgIpc) is 4.20. The number of nitrogens with one attached hydrogen (secondary N) is 3. The third-order valence-electron chi connectivity index (χ3n) is 16.4. The summed E-state index contributed by atoms with van der Waals surface area (Å²) in [4.78, 5) is 62.8. The fourth-order valence-corrected chi connectivity index (χ4v) is 12.8. The molecule has 10 rings (SSSR count). The molecule has 3 aromatic carbocycles. The Morgan fingerprint density at radius 2 is 1.21 bits per heavy atom. The molecule has 71 heavy (non-hydrogen) atoms. The van der Waals surface area contributed by atoms with Gasteiger partial charge in [0, 0.05) is 61.5 Å². The van der Waals surface area contributed by atoms with Crippen LogP contribution in [0.3, 0.4) is 0 Å². The Bertz CT molecular complexity index is 2790. The second kappa shape index (κ2) is 19.6. The lowest BCUT2D eigenvalue weighted by Gasteiger charge is -2.45. The first-order chi connectivity index (χ1) is 34.1. The third-order valence-corrected chi connectivity index (χ3v) is 16.4. The molecule has 0 bridgehead atoms. The molecule has 2 aromatic heterocycles. The number of nitrogens with zero attached hydrogens (tertiary/aromatic N) is 6. The predicted molar refractivity (Wildman–Crippen MR) is 264 cm³/mol. The lowest BCUT2D eigenvalue weighted by atomic mass is 9.68. The molecule has 5 atom stereocenters. The van der Waals surface area contributed by atoms with Gasteiger partial charge in [0.05, 0.1) is 53.3 Å². The number of H-pyrrole nitrogens is 2. The van der Waals surface area contributed by atoms with Crippen LogP contribution in [-0.2, 0) is 14.3 Å². The van der Waals surface area contributed by atoms with Crippen LogP contribution in [0.15, 0.2) is 36.4 Å². The van der Waals surface area contributed by atoms with E-state index in [1.54, 1.807) is 21.9 Å². The molecule has 13 nitrogen and oxygen atoms in total. The van der Waals surface area contributed by atoms with Crippen molar-refractivity contribution in [1.29, 1.82) is 0 Å². The number of imidazole rings is 2. The number of halogens is 4. The molecule has 0 radical (unpaired) electrons. The van der Waals surface area contributed by atoms with Gasteiger partial charge in [0.2, 0.25) is 11.8 Å². The van der Waals surface area contributed by atoms with Crippen molar-refractivity contribution in [1.82, 2.24) is 35.1 Å². The topological polar surface area (TPSA) is 143 Å². The first kappa shape index (κ1) is 48.7. The minimum atomic E-state index is -0.834. The molecule has 4 aliphatic heterocycles. The Labute approximate surface area is 412 Å². The number of hydrogen-bond acceptors (Lipinski definition) is 8. The summed E-state index contributed by atoms with van der Waals surface area (Å²) in [5.41, 5.74) is 2.64. The molecule has 3 N–H and O–H groups in total. The summed E-state index contributed by atoms with van der Waals surface area (Å²) < 4.78 is 72.0. The lowest BCUT2D eigenvalue weighted by Crippen LogP contribution is -2.51. The number of carbonyl (C=O) groups is 3. The molecule has 4 saturated heterocycles. The van der Waals surface area contributed by atoms with E-state index >= 15 is 17.6 Å². The minimum absolute atomic E-state index is 0.0542. The summed E-state index contributed by atoms with van der Waals surface area (Å²) in [5, 5.41) is 2.67. The molecule has 3 amide bonds. The number of methoxy groups -OCH3 is 1. The van der Waals surface area contributed by atoms with Crippen molar-refractivity contribution < 1.29 is 36.7 Å². The number of ether oxygens (including phenoxy) is 1. The Balaban J connectivity index is 1.00. The molecule has 380 valence electrons. The normalized spacial score (nSPS) is 23.0. The maximum absolute atomic E-state index is 16.9. The smallest absolute Gasteiger partial charge is 0.407 e. The Morgan fingerprint density at radius 1 is 0.676 bits per heavy atom. The van der Waals surface area contributed by atoms with Gasteiger partial charge in [0.25, 0.3) is 0 Å². The van der Waals surface area contributed by atoms with Gasteiger partial charge in [-0.3, -0.25) is 9.59 Å². The summed E-state index contributed by atoms with van der Waals surface area (Å²) >= 11 is 0. The molecule has 17 heteroatoms. The second-order valence-corrected chi connectivity index (χ2v) is 21.7. The number of piperidine rings is 1. The van der Waals surface area contributed by atoms with Crippen LogP contribution >= 0.6 is 0 Å². The van der Waals surface area contributed by atoms with Crippen molar-refractivity contribution >= 4 is 51.3 Å². The van der Waals surface area contributed by atoms with Crippen molar-refractivity contribution in [3.8, 4) is 0 Å². The number of likely N-dealkylation sites (tertiary alicyclic amines) is 2. The van der Waals surface area contributed by atoms with E-state index in [4.69, 9.17) is 14.7 Å². The molecule has 0 unspecified atom stereocenters. The summed E-state index contributed by atoms with van der Waals surface area (Å²) in [6.45, 7) is 9.86. The highest BCUT2D eigenvalue weighted by molar-refractivity contribution is 5.87. The minimum Gasteiger partial charge on any atom is -0.453 e. The number of anilines is 2. The highest BCUT2D eigenvalue weighted by atomic mass is 19.1. The summed E-state index contributed by atoms with van der Waals surface area (Å²) in [6, 6.07) is 5.59. The van der Waals surface area contributed by atoms with Crippen LogP contribution < -0.4 is 15.1 Å². The number of rotatable bonds is 11. The Morgan fingerprint density at radius 3 is 1.73 bits per heavy atom. The van der Waals surface area contributed by atoms with Crippen LogP contribution in [0.5, 0.6) is 0 Å². The highest BCUT2D eigenvalue weighted by Crippen LogP contribution is 2.51. The summed E-state index contributed by atoms with van der Waals surface area (Å²) in [6.07, 6.45) is 10.9. The van der Waals surface area contributed by atoms with Gasteiger partial charge in [-0.1, -0.05) is 47.0 Å². The standard InChI is InChI=1S/C54H67F4N9O4/c1-30(2)23-47(68)65-19-9-11-45(65)50-59-39-26-33(35(55)28-41(39)61-50)43-13-14-44(67(43)32-24-37(57)49(38(58)25-32)64-21-17-54(18-22-64)15-7-6-8-16-54)34-27-40-42(29-36(34)56)62-51(60-40)46-12-10-20-66(46)52(69)48(31(3)4)63-53(70)71-5/h24-31,43-46,48H,6-23H2,1-5H3,(H,59,61)(H,60,62)(H,63,70)/t43-,44-,45+,46+,48+/m1/s1. The van der Waals surface area contributed by atoms with Crippen LogP contribution in [-0.4, -0.2) is 87.0 Å². The van der Waals surface area contributed by atoms with E-state index in [9.17, 15) is 14.4 Å². The van der Waals surface area contributed by atoms with Crippen LogP contribution in [0.4, 0.5) is 33.7 Å². The average molecular weight is 982 g/mol. The van der Waals surface area contributed by atoms with Crippen molar-refractivity contribution in [2.45, 2.75) is 148 Å². The van der Waals surface area contributed by atoms with E-state index in [2.05, 4.69) is 15.3 Å². The maximum Gasteiger partial charge on any atom is 0.407 e. The van der Waals surface area contributed by atoms with Crippen LogP contribution in [0.25, 0.3) is 22.1 Å². The van der Waals surface area contributed by atoms with E-state index in [1.807, 2.05) is 37.5 Å². The third kappa shape index (κ3) is 9.30. The monoisotopic (exact) mass is 982 g/mol. The fourth-order valence-electron chi connectivity index (χ4n) is 12.8. The van der Waals surface area contributed by atoms with Crippen LogP contribution in [0.2, 0.25) is 0 Å². The number of fused-ring (bicyclic) bond motifs is 2. The molecule has 5 aliphatic rings. The van der Waals surface area contributed by atoms with Gasteiger partial charge in [-0.2, -0.15) is 0 Å². The first-order valence-corrected chi connectivity index (χ1v) is 26.0. The van der Waals surface area contributed by atoms with Crippen molar-refractivity contribution in [3.63, 3.8) is 0 Å². The van der Waals surface area contributed by atoms with Gasteiger partial charge in [-0.05, 0) is 106 Å². The van der Waals surface area contributed by atoms with Gasteiger partial charge in [0.1, 0.15) is 35.0 Å². The summed E-state index contributed by atoms with van der Waals surface area (Å²) in [7, 11) is 1.24. The maximum atomic E-state index is 16.9. The lowest BCUT2D eigenvalue weighted by molar-refractivity contribution is -0.135. The van der Waals surface area contributed by atoms with Gasteiger partial charge in [-0.25, -0.2) is 32.3 Å². The molecule has 5 aromatic rings. The number of alkyl carbamates (subject to hydrolysis) is 1. The highest BCUT2D eigenvalue weighted by Gasteiger charge is 2.43. The number of benzene rings is 3. The molecular weight excluding hydrogens is 915 g/mol. The SMILES string of the molecule is COC(=O)N[C@H](C(=O)N1CCC[C@H]1c1nc2cc(F)c([C@H]3CC[C@H](c4cc5[nH]c([C@@H]6CCCN6C(=O)CC(C)C)nc5cc4F)N3c3cc(F)c(N4CCC5(CCCCC5)CC4)c(F)c3)cc2[nH]1)C(C)C. The van der Waals surface area contributed by atoms with Gasteiger partial charge in [-0.15, -0.1) is 0 Å². The number of hydrogen-bond donors (Lipinski definition) is 3. The zero-order valence-electron chi connectivity index (χ0n) is 41.6. The molecular formula is C54H67F4N9O4. The quantitative estimate of drug-likeness (QED) is 0.111. The van der Waals surface area contributed by atoms with Gasteiger partial charge >= 0.3 is 6.09 Å². The zero-order valence-corrected chi connectivity index (χ0v) is 41.6. The second-order valence-electron chi connectivity index (χ2n) is 21.7. The van der Waals surface area contributed by atoms with Gasteiger partial charge < -0.3 is 39.6 Å². The largest absolute Gasteiger partial charge is 0.453 e. The van der Waals surface area contributed by atoms with E-state index in [1.165, 1.54) is 50.6 Å². The number of aromatic amines is 2. The summed E-state index contributed by atoms with van der Waals surface area (Å²) in [5.74, 6) is -1.80. The van der Waals surface area contributed by atoms with Crippen molar-refractivity contribution in [2.24, 2.45) is 17.3 Å². The van der Waals surface area contributed by atoms with E-state index in [-0.39, 0.29) is 57.6 Å². The molecule has 5 fully saturated rings. The van der Waals surface area contributed by atoms with Crippen molar-refractivity contribution in [3.05, 3.63) is 82.4 Å². The number of amides is 3. The fraction of sp³-hybridized carbons (Fsp3) is 0.574. The van der Waals surface area contributed by atoms with Gasteiger partial charge in [0.15, 0.2) is 11.6 Å². The zero-order chi connectivity index (χ0) is 49.9. The molecule has 6 heterocycles. The number of aromatic nitrogens is 4. The van der Waals surface area contributed by atoms with E-state index in [0.717, 1.165) is 38.5 Å². The molecule has 1 spiro atoms.